The molecule has 0 spiro atoms. The van der Waals surface area contributed by atoms with Gasteiger partial charge in [-0.05, 0) is 105 Å². The van der Waals surface area contributed by atoms with Crippen molar-refractivity contribution in [2.45, 2.75) is 78.6 Å². The fourth-order valence-corrected chi connectivity index (χ4v) is 7.99. The minimum atomic E-state index is -0.113. The molecule has 0 heterocycles. The summed E-state index contributed by atoms with van der Waals surface area (Å²) in [5, 5.41) is 5.30. The monoisotopic (exact) mass is 650 g/mol. The van der Waals surface area contributed by atoms with Crippen LogP contribution in [-0.4, -0.2) is 0 Å². The summed E-state index contributed by atoms with van der Waals surface area (Å²) in [6.07, 6.45) is 0. The second kappa shape index (κ2) is 12.4. The van der Waals surface area contributed by atoms with Crippen LogP contribution in [0.3, 0.4) is 0 Å². The van der Waals surface area contributed by atoms with Crippen LogP contribution in [0.1, 0.15) is 79.0 Å². The Kier molecular flexibility index (Phi) is 8.34. The van der Waals surface area contributed by atoms with E-state index in [-0.39, 0.29) is 16.2 Å². The van der Waals surface area contributed by atoms with Gasteiger partial charge in [-0.15, -0.1) is 0 Å². The van der Waals surface area contributed by atoms with Crippen molar-refractivity contribution in [3.63, 3.8) is 0 Å². The van der Waals surface area contributed by atoms with Gasteiger partial charge >= 0.3 is 0 Å². The second-order valence-electron chi connectivity index (χ2n) is 17.0. The lowest BCUT2D eigenvalue weighted by Gasteiger charge is -2.39. The third-order valence-electron chi connectivity index (χ3n) is 10.2. The summed E-state index contributed by atoms with van der Waals surface area (Å²) in [7, 11) is 0. The van der Waals surface area contributed by atoms with Gasteiger partial charge in [-0.25, -0.2) is 0 Å². The van der Waals surface area contributed by atoms with Crippen molar-refractivity contribution >= 4 is 21.5 Å². The van der Waals surface area contributed by atoms with Gasteiger partial charge in [-0.3, -0.25) is 0 Å². The highest BCUT2D eigenvalue weighted by molar-refractivity contribution is 6.23. The molecule has 0 nitrogen and oxygen atoms in total. The first-order valence-electron chi connectivity index (χ1n) is 18.1. The zero-order valence-corrected chi connectivity index (χ0v) is 31.3. The van der Waals surface area contributed by atoms with E-state index in [2.05, 4.69) is 202 Å². The molecule has 0 bridgehead atoms. The van der Waals surface area contributed by atoms with Gasteiger partial charge in [0.25, 0.3) is 0 Å². The summed E-state index contributed by atoms with van der Waals surface area (Å²) in [4.78, 5) is 0. The maximum absolute atomic E-state index is 2.57. The van der Waals surface area contributed by atoms with Crippen LogP contribution >= 0.6 is 0 Å². The SMILES string of the molecule is CC(C)(C)c1cc2c(-c3ccc(-c4ccccc4)cc3)c3ccccc3c(-c3ccc(-c4ccccc4)cc3)c2c(C(C)(C)C)c1C(C)(C)C. The quantitative estimate of drug-likeness (QED) is 0.166. The van der Waals surface area contributed by atoms with Gasteiger partial charge in [0, 0.05) is 0 Å². The lowest BCUT2D eigenvalue weighted by atomic mass is 9.65. The van der Waals surface area contributed by atoms with Crippen molar-refractivity contribution in [1.29, 1.82) is 0 Å². The van der Waals surface area contributed by atoms with Gasteiger partial charge in [-0.2, -0.15) is 0 Å². The average molecular weight is 651 g/mol. The molecule has 7 rings (SSSR count). The first-order valence-corrected chi connectivity index (χ1v) is 18.1. The van der Waals surface area contributed by atoms with Crippen LogP contribution in [-0.2, 0) is 16.2 Å². The highest BCUT2D eigenvalue weighted by atomic mass is 14.4. The molecule has 0 fully saturated rings. The van der Waals surface area contributed by atoms with Crippen molar-refractivity contribution in [1.82, 2.24) is 0 Å². The highest BCUT2D eigenvalue weighted by Gasteiger charge is 2.35. The van der Waals surface area contributed by atoms with Gasteiger partial charge in [0.05, 0.1) is 0 Å². The topological polar surface area (TPSA) is 0 Å². The van der Waals surface area contributed by atoms with E-state index in [1.807, 2.05) is 0 Å². The van der Waals surface area contributed by atoms with Crippen LogP contribution in [0.15, 0.2) is 140 Å². The summed E-state index contributed by atoms with van der Waals surface area (Å²) in [5.74, 6) is 0. The van der Waals surface area contributed by atoms with Crippen LogP contribution in [0, 0.1) is 0 Å². The summed E-state index contributed by atoms with van der Waals surface area (Å²) < 4.78 is 0. The average Bonchev–Trinajstić information content (AvgIpc) is 3.09. The molecule has 50 heavy (non-hydrogen) atoms. The molecule has 0 saturated carbocycles. The predicted octanol–water partition coefficient (Wildman–Crippen LogP) is 14.6. The van der Waals surface area contributed by atoms with Crippen molar-refractivity contribution in [2.24, 2.45) is 0 Å². The van der Waals surface area contributed by atoms with E-state index >= 15 is 0 Å². The molecule has 0 aromatic heterocycles. The molecule has 0 amide bonds. The van der Waals surface area contributed by atoms with E-state index in [1.165, 1.54) is 82.7 Å². The van der Waals surface area contributed by atoms with Crippen LogP contribution in [0.25, 0.3) is 66.1 Å². The molecule has 7 aromatic carbocycles. The summed E-state index contributed by atoms with van der Waals surface area (Å²) >= 11 is 0. The normalized spacial score (nSPS) is 12.5. The van der Waals surface area contributed by atoms with E-state index < -0.39 is 0 Å². The Balaban J connectivity index is 1.66. The predicted molar refractivity (Wildman–Crippen MR) is 219 cm³/mol. The van der Waals surface area contributed by atoms with Gasteiger partial charge in [0.2, 0.25) is 0 Å². The Hall–Kier alpha value is -4.94. The van der Waals surface area contributed by atoms with Gasteiger partial charge in [0.1, 0.15) is 0 Å². The minimum absolute atomic E-state index is 0.0472. The van der Waals surface area contributed by atoms with Crippen molar-refractivity contribution in [3.05, 3.63) is 156 Å². The first-order chi connectivity index (χ1) is 23.7. The number of fused-ring (bicyclic) bond motifs is 2. The molecular weight excluding hydrogens is 601 g/mol. The molecule has 0 saturated heterocycles. The maximum atomic E-state index is 2.57. The smallest absolute Gasteiger partial charge is 0.00233 e. The van der Waals surface area contributed by atoms with E-state index in [0.29, 0.717) is 0 Å². The Bertz CT molecular complexity index is 2300. The van der Waals surface area contributed by atoms with Crippen LogP contribution in [0.4, 0.5) is 0 Å². The molecule has 7 aromatic rings. The van der Waals surface area contributed by atoms with Gasteiger partial charge < -0.3 is 0 Å². The molecule has 0 radical (unpaired) electrons. The standard InChI is InChI=1S/C50H50/c1-48(2,3)42-32-41-43(37-28-24-35(25-29-37)33-18-12-10-13-19-33)39-22-16-17-23-40(39)44(45(41)47(50(7,8)9)46(42)49(4,5)6)38-30-26-36(27-31-38)34-20-14-11-15-21-34/h10-32H,1-9H3. The fourth-order valence-electron chi connectivity index (χ4n) is 7.99. The van der Waals surface area contributed by atoms with E-state index in [4.69, 9.17) is 0 Å². The number of benzene rings is 7. The highest BCUT2D eigenvalue weighted by Crippen LogP contribution is 2.52. The zero-order valence-electron chi connectivity index (χ0n) is 31.3. The van der Waals surface area contributed by atoms with Crippen LogP contribution in [0.2, 0.25) is 0 Å². The zero-order chi connectivity index (χ0) is 35.4. The maximum Gasteiger partial charge on any atom is -0.00233 e. The Morgan fingerprint density at radius 3 is 1.08 bits per heavy atom. The lowest BCUT2D eigenvalue weighted by molar-refractivity contribution is 0.501. The summed E-state index contributed by atoms with van der Waals surface area (Å²) in [5.41, 5.74) is 14.3. The Labute approximate surface area is 299 Å². The molecule has 0 aliphatic rings. The Morgan fingerprint density at radius 2 is 0.660 bits per heavy atom. The van der Waals surface area contributed by atoms with Gasteiger partial charge in [-0.1, -0.05) is 196 Å². The van der Waals surface area contributed by atoms with E-state index in [1.54, 1.807) is 0 Å². The molecule has 0 atom stereocenters. The largest absolute Gasteiger partial charge is 0.0622 e. The third-order valence-corrected chi connectivity index (χ3v) is 10.2. The second-order valence-corrected chi connectivity index (χ2v) is 17.0. The van der Waals surface area contributed by atoms with Crippen LogP contribution in [0.5, 0.6) is 0 Å². The van der Waals surface area contributed by atoms with E-state index in [9.17, 15) is 0 Å². The molecule has 250 valence electrons. The molecular formula is C50H50. The third kappa shape index (κ3) is 6.07. The van der Waals surface area contributed by atoms with Crippen molar-refractivity contribution < 1.29 is 0 Å². The minimum Gasteiger partial charge on any atom is -0.0622 e. The molecule has 0 aliphatic heterocycles. The number of hydrogen-bond acceptors (Lipinski definition) is 0. The summed E-state index contributed by atoms with van der Waals surface area (Å²) in [6, 6.07) is 51.6. The Morgan fingerprint density at radius 1 is 0.300 bits per heavy atom. The van der Waals surface area contributed by atoms with Gasteiger partial charge in [0.15, 0.2) is 0 Å². The molecule has 0 aliphatic carbocycles. The lowest BCUT2D eigenvalue weighted by Crippen LogP contribution is -2.28. The molecule has 0 heteroatoms. The summed E-state index contributed by atoms with van der Waals surface area (Å²) in [6.45, 7) is 21.6. The van der Waals surface area contributed by atoms with Crippen molar-refractivity contribution in [3.8, 4) is 44.5 Å². The van der Waals surface area contributed by atoms with Crippen molar-refractivity contribution in [2.75, 3.05) is 0 Å². The fraction of sp³-hybridized carbons (Fsp3) is 0.240. The number of rotatable bonds is 4. The van der Waals surface area contributed by atoms with Crippen LogP contribution < -0.4 is 0 Å². The molecule has 0 N–H and O–H groups in total. The van der Waals surface area contributed by atoms with E-state index in [0.717, 1.165) is 0 Å². The number of hydrogen-bond donors (Lipinski definition) is 0. The first kappa shape index (κ1) is 33.6. The molecule has 0 unspecified atom stereocenters.